The Balaban J connectivity index is 1.68. The summed E-state index contributed by atoms with van der Waals surface area (Å²) in [6, 6.07) is 16.9. The fraction of sp³-hybridized carbons (Fsp3) is 0.296. The number of carbonyl (C=O) groups is 2. The molecule has 0 unspecified atom stereocenters. The van der Waals surface area contributed by atoms with Gasteiger partial charge in [-0.1, -0.05) is 61.0 Å². The lowest BCUT2D eigenvalue weighted by atomic mass is 10.0. The third-order valence-corrected chi connectivity index (χ3v) is 6.24. The van der Waals surface area contributed by atoms with Crippen LogP contribution in [0.2, 0.25) is 5.02 Å². The van der Waals surface area contributed by atoms with Gasteiger partial charge in [0.25, 0.3) is 5.91 Å². The van der Waals surface area contributed by atoms with Crippen molar-refractivity contribution in [1.82, 2.24) is 25.9 Å². The number of carbonyl (C=O) groups excluding carboxylic acids is 1. The van der Waals surface area contributed by atoms with Crippen molar-refractivity contribution in [3.63, 3.8) is 0 Å². The zero-order valence-electron chi connectivity index (χ0n) is 21.5. The van der Waals surface area contributed by atoms with Crippen molar-refractivity contribution in [3.8, 4) is 0 Å². The van der Waals surface area contributed by atoms with Crippen molar-refractivity contribution in [2.75, 3.05) is 30.3 Å². The molecule has 2 aromatic carbocycles. The molecule has 1 aromatic heterocycles. The maximum Gasteiger partial charge on any atom is 0.305 e. The maximum atomic E-state index is 13.3. The van der Waals surface area contributed by atoms with E-state index in [-0.39, 0.29) is 24.9 Å². The minimum Gasteiger partial charge on any atom is -0.481 e. The number of thiocarbonyl (C=S) groups is 1. The molecule has 12 heteroatoms. The van der Waals surface area contributed by atoms with Gasteiger partial charge in [0.1, 0.15) is 11.4 Å². The number of nitrogens with zero attached hydrogens (tertiary/aromatic N) is 2. The van der Waals surface area contributed by atoms with Crippen LogP contribution in [-0.2, 0) is 4.79 Å². The Kier molecular flexibility index (Phi) is 11.7. The molecule has 10 nitrogen and oxygen atoms in total. The lowest BCUT2D eigenvalue weighted by molar-refractivity contribution is -0.136. The Hall–Kier alpha value is -3.96. The van der Waals surface area contributed by atoms with E-state index < -0.39 is 5.97 Å². The van der Waals surface area contributed by atoms with Crippen LogP contribution in [0.5, 0.6) is 0 Å². The van der Waals surface area contributed by atoms with Crippen LogP contribution in [0, 0.1) is 0 Å². The summed E-state index contributed by atoms with van der Waals surface area (Å²) in [7, 11) is 0. The summed E-state index contributed by atoms with van der Waals surface area (Å²) in [6.07, 6.45) is 2.84. The summed E-state index contributed by atoms with van der Waals surface area (Å²) in [5.41, 5.74) is 1.97. The van der Waals surface area contributed by atoms with Crippen LogP contribution in [-0.4, -0.2) is 51.7 Å². The molecule has 0 bridgehead atoms. The molecule has 6 N–H and O–H groups in total. The highest BCUT2D eigenvalue weighted by Gasteiger charge is 2.19. The average Bonchev–Trinajstić information content (AvgIpc) is 2.93. The summed E-state index contributed by atoms with van der Waals surface area (Å²) in [5, 5.41) is 24.9. The second-order valence-electron chi connectivity index (χ2n) is 8.51. The SMILES string of the molecule is CC[C@H](NC(=O)c1cnc(Nc2ccccc2Cl)nc1NCCCNC(=S)NCCC(=O)O)c1ccccc1. The van der Waals surface area contributed by atoms with Gasteiger partial charge in [-0.25, -0.2) is 4.98 Å². The Bertz CT molecular complexity index is 1260. The lowest BCUT2D eigenvalue weighted by Crippen LogP contribution is -2.37. The molecule has 1 amide bonds. The number of para-hydroxylation sites is 1. The maximum absolute atomic E-state index is 13.3. The molecule has 0 aliphatic rings. The quantitative estimate of drug-likeness (QED) is 0.121. The van der Waals surface area contributed by atoms with Gasteiger partial charge in [-0.3, -0.25) is 9.59 Å². The molecule has 0 saturated carbocycles. The van der Waals surface area contributed by atoms with Gasteiger partial charge >= 0.3 is 5.97 Å². The minimum atomic E-state index is -0.892. The van der Waals surface area contributed by atoms with Gasteiger partial charge in [0.05, 0.1) is 23.2 Å². The van der Waals surface area contributed by atoms with Crippen molar-refractivity contribution < 1.29 is 14.7 Å². The van der Waals surface area contributed by atoms with Gasteiger partial charge in [0.2, 0.25) is 5.95 Å². The average molecular weight is 570 g/mol. The number of aromatic nitrogens is 2. The highest BCUT2D eigenvalue weighted by Crippen LogP contribution is 2.25. The van der Waals surface area contributed by atoms with Crippen molar-refractivity contribution in [1.29, 1.82) is 0 Å². The normalized spacial score (nSPS) is 11.2. The second-order valence-corrected chi connectivity index (χ2v) is 9.33. The Morgan fingerprint density at radius 3 is 2.46 bits per heavy atom. The first-order chi connectivity index (χ1) is 18.9. The number of rotatable bonds is 14. The molecule has 0 spiro atoms. The number of carboxylic acids is 1. The second kappa shape index (κ2) is 15.5. The fourth-order valence-electron chi connectivity index (χ4n) is 3.61. The van der Waals surface area contributed by atoms with Crippen LogP contribution in [0.1, 0.15) is 48.1 Å². The van der Waals surface area contributed by atoms with Gasteiger partial charge in [-0.05, 0) is 42.8 Å². The highest BCUT2D eigenvalue weighted by molar-refractivity contribution is 7.80. The molecule has 3 aromatic rings. The van der Waals surface area contributed by atoms with Gasteiger partial charge in [-0.2, -0.15) is 4.98 Å². The first-order valence-electron chi connectivity index (χ1n) is 12.6. The molecule has 206 valence electrons. The van der Waals surface area contributed by atoms with E-state index in [1.807, 2.05) is 55.5 Å². The largest absolute Gasteiger partial charge is 0.481 e. The van der Waals surface area contributed by atoms with E-state index in [4.69, 9.17) is 28.9 Å². The van der Waals surface area contributed by atoms with Gasteiger partial charge < -0.3 is 31.7 Å². The molecule has 0 saturated heterocycles. The van der Waals surface area contributed by atoms with E-state index in [0.29, 0.717) is 52.7 Å². The van der Waals surface area contributed by atoms with E-state index >= 15 is 0 Å². The monoisotopic (exact) mass is 569 g/mol. The van der Waals surface area contributed by atoms with Gasteiger partial charge in [0, 0.05) is 25.8 Å². The molecule has 0 fully saturated rings. The molecular weight excluding hydrogens is 538 g/mol. The summed E-state index contributed by atoms with van der Waals surface area (Å²) in [4.78, 5) is 32.8. The van der Waals surface area contributed by atoms with E-state index in [1.165, 1.54) is 6.20 Å². The van der Waals surface area contributed by atoms with Crippen LogP contribution < -0.4 is 26.6 Å². The first kappa shape index (κ1) is 29.6. The Morgan fingerprint density at radius 1 is 1.03 bits per heavy atom. The van der Waals surface area contributed by atoms with Crippen LogP contribution in [0.4, 0.5) is 17.5 Å². The molecule has 1 heterocycles. The van der Waals surface area contributed by atoms with E-state index in [9.17, 15) is 9.59 Å². The van der Waals surface area contributed by atoms with Crippen molar-refractivity contribution in [2.45, 2.75) is 32.2 Å². The first-order valence-corrected chi connectivity index (χ1v) is 13.4. The molecular formula is C27H32ClN7O3S. The predicted molar refractivity (Wildman–Crippen MR) is 158 cm³/mol. The number of nitrogens with one attached hydrogen (secondary N) is 5. The van der Waals surface area contributed by atoms with Crippen LogP contribution >= 0.6 is 23.8 Å². The summed E-state index contributed by atoms with van der Waals surface area (Å²) in [6.45, 7) is 3.29. The number of benzene rings is 2. The number of carboxylic acid groups (broad SMARTS) is 1. The minimum absolute atomic E-state index is 0.0182. The number of anilines is 3. The Labute approximate surface area is 238 Å². The molecule has 0 aliphatic heterocycles. The van der Waals surface area contributed by atoms with Crippen molar-refractivity contribution >= 4 is 58.3 Å². The smallest absolute Gasteiger partial charge is 0.305 e. The number of hydrogen-bond donors (Lipinski definition) is 6. The highest BCUT2D eigenvalue weighted by atomic mass is 35.5. The van der Waals surface area contributed by atoms with Crippen LogP contribution in [0.15, 0.2) is 60.8 Å². The van der Waals surface area contributed by atoms with Crippen LogP contribution in [0.25, 0.3) is 0 Å². The summed E-state index contributed by atoms with van der Waals surface area (Å²) >= 11 is 11.4. The van der Waals surface area contributed by atoms with Crippen LogP contribution in [0.3, 0.4) is 0 Å². The molecule has 1 atom stereocenters. The predicted octanol–water partition coefficient (Wildman–Crippen LogP) is 4.50. The Morgan fingerprint density at radius 2 is 1.74 bits per heavy atom. The lowest BCUT2D eigenvalue weighted by Gasteiger charge is -2.19. The fourth-order valence-corrected chi connectivity index (χ4v) is 4.00. The molecule has 3 rings (SSSR count). The third-order valence-electron chi connectivity index (χ3n) is 5.63. The van der Waals surface area contributed by atoms with Gasteiger partial charge in [0.15, 0.2) is 5.11 Å². The summed E-state index contributed by atoms with van der Waals surface area (Å²) < 4.78 is 0. The third kappa shape index (κ3) is 9.69. The van der Waals surface area contributed by atoms with Crippen molar-refractivity contribution in [2.24, 2.45) is 0 Å². The van der Waals surface area contributed by atoms with E-state index in [0.717, 1.165) is 12.0 Å². The standard InChI is InChI=1S/C27H32ClN7O3S/c1-2-21(18-9-4-3-5-10-18)33-25(38)19-17-32-26(34-22-12-7-6-11-20(22)28)35-24(19)29-14-8-15-30-27(39)31-16-13-23(36)37/h3-7,9-12,17,21H,2,8,13-16H2,1H3,(H,33,38)(H,36,37)(H2,30,31,39)(H2,29,32,34,35)/t21-/m0/s1. The molecule has 0 aliphatic carbocycles. The van der Waals surface area contributed by atoms with Crippen molar-refractivity contribution in [3.05, 3.63) is 76.9 Å². The number of hydrogen-bond acceptors (Lipinski definition) is 7. The summed E-state index contributed by atoms with van der Waals surface area (Å²) in [5.74, 6) is -0.516. The number of aliphatic carboxylic acids is 1. The van der Waals surface area contributed by atoms with E-state index in [2.05, 4.69) is 36.6 Å². The van der Waals surface area contributed by atoms with E-state index in [1.54, 1.807) is 6.07 Å². The molecule has 39 heavy (non-hydrogen) atoms. The number of halogens is 1. The number of amides is 1. The van der Waals surface area contributed by atoms with Gasteiger partial charge in [-0.15, -0.1) is 0 Å². The molecule has 0 radical (unpaired) electrons. The zero-order chi connectivity index (χ0) is 28.0. The zero-order valence-corrected chi connectivity index (χ0v) is 23.1. The topological polar surface area (TPSA) is 140 Å².